The molecule has 3 aliphatic rings. The zero-order valence-electron chi connectivity index (χ0n) is 12.7. The molecule has 0 radical (unpaired) electrons. The Morgan fingerprint density at radius 3 is 2.91 bits per heavy atom. The first-order chi connectivity index (χ1) is 10.7. The highest BCUT2D eigenvalue weighted by Gasteiger charge is 2.36. The van der Waals surface area contributed by atoms with E-state index in [9.17, 15) is 9.59 Å². The van der Waals surface area contributed by atoms with E-state index in [0.717, 1.165) is 63.1 Å². The van der Waals surface area contributed by atoms with Crippen molar-refractivity contribution in [3.05, 3.63) is 17.2 Å². The number of aromatic nitrogens is 2. The van der Waals surface area contributed by atoms with Crippen molar-refractivity contribution in [1.29, 1.82) is 0 Å². The minimum absolute atomic E-state index is 0.0725. The van der Waals surface area contributed by atoms with Crippen molar-refractivity contribution in [3.8, 4) is 0 Å². The quantitative estimate of drug-likeness (QED) is 0.861. The van der Waals surface area contributed by atoms with Crippen molar-refractivity contribution in [2.75, 3.05) is 19.6 Å². The number of rotatable bonds is 2. The predicted octanol–water partition coefficient (Wildman–Crippen LogP) is 1.20. The zero-order chi connectivity index (χ0) is 15.1. The summed E-state index contributed by atoms with van der Waals surface area (Å²) in [4.78, 5) is 34.2. The second kappa shape index (κ2) is 5.41. The summed E-state index contributed by atoms with van der Waals surface area (Å²) in [7, 11) is 0. The summed E-state index contributed by atoms with van der Waals surface area (Å²) in [6.07, 6.45) is 5.95. The molecule has 1 saturated heterocycles. The van der Waals surface area contributed by atoms with Crippen LogP contribution in [0.4, 0.5) is 0 Å². The molecule has 2 N–H and O–H groups in total. The Balaban J connectivity index is 1.52. The number of aromatic amines is 1. The van der Waals surface area contributed by atoms with E-state index in [4.69, 9.17) is 0 Å². The number of H-pyrrole nitrogens is 1. The lowest BCUT2D eigenvalue weighted by Gasteiger charge is -2.32. The zero-order valence-corrected chi connectivity index (χ0v) is 12.7. The second-order valence-corrected chi connectivity index (χ2v) is 6.71. The molecular weight excluding hydrogens is 280 g/mol. The molecule has 6 nitrogen and oxygen atoms in total. The van der Waals surface area contributed by atoms with E-state index in [1.165, 1.54) is 0 Å². The van der Waals surface area contributed by atoms with Crippen LogP contribution in [0, 0.1) is 5.92 Å². The van der Waals surface area contributed by atoms with Gasteiger partial charge in [0.15, 0.2) is 0 Å². The van der Waals surface area contributed by atoms with Crippen LogP contribution in [-0.4, -0.2) is 46.3 Å². The molecule has 3 heterocycles. The van der Waals surface area contributed by atoms with Crippen molar-refractivity contribution in [2.45, 2.75) is 44.4 Å². The third-order valence-electron chi connectivity index (χ3n) is 4.95. The molecule has 4 rings (SSSR count). The predicted molar refractivity (Wildman–Crippen MR) is 80.5 cm³/mol. The van der Waals surface area contributed by atoms with E-state index < -0.39 is 0 Å². The van der Waals surface area contributed by atoms with E-state index in [2.05, 4.69) is 15.3 Å². The number of hydrogen-bond acceptors (Lipinski definition) is 3. The van der Waals surface area contributed by atoms with Gasteiger partial charge in [0.1, 0.15) is 11.5 Å². The normalized spacial score (nSPS) is 25.4. The van der Waals surface area contributed by atoms with Gasteiger partial charge in [0, 0.05) is 37.2 Å². The van der Waals surface area contributed by atoms with E-state index in [1.54, 1.807) is 0 Å². The number of nitrogens with zero attached hydrogens (tertiary/aromatic N) is 2. The van der Waals surface area contributed by atoms with Crippen LogP contribution in [0.3, 0.4) is 0 Å². The van der Waals surface area contributed by atoms with Crippen molar-refractivity contribution in [3.63, 3.8) is 0 Å². The molecule has 2 amide bonds. The van der Waals surface area contributed by atoms with Crippen LogP contribution in [0.2, 0.25) is 0 Å². The summed E-state index contributed by atoms with van der Waals surface area (Å²) in [6.45, 7) is 2.32. The van der Waals surface area contributed by atoms with Gasteiger partial charge in [-0.1, -0.05) is 0 Å². The molecule has 0 aromatic carbocycles. The van der Waals surface area contributed by atoms with Gasteiger partial charge in [0.05, 0.1) is 0 Å². The molecule has 1 saturated carbocycles. The molecule has 1 aromatic rings. The van der Waals surface area contributed by atoms with Gasteiger partial charge < -0.3 is 15.2 Å². The number of nitrogens with one attached hydrogen (secondary N) is 2. The molecule has 2 fully saturated rings. The van der Waals surface area contributed by atoms with E-state index in [0.29, 0.717) is 18.1 Å². The molecule has 0 unspecified atom stereocenters. The van der Waals surface area contributed by atoms with Gasteiger partial charge in [-0.25, -0.2) is 4.98 Å². The summed E-state index contributed by atoms with van der Waals surface area (Å²) in [6, 6.07) is 0. The maximum Gasteiger partial charge on any atom is 0.271 e. The van der Waals surface area contributed by atoms with Crippen molar-refractivity contribution < 1.29 is 9.59 Å². The van der Waals surface area contributed by atoms with Gasteiger partial charge in [-0.15, -0.1) is 0 Å². The van der Waals surface area contributed by atoms with Crippen LogP contribution >= 0.6 is 0 Å². The van der Waals surface area contributed by atoms with Gasteiger partial charge in [-0.3, -0.25) is 9.59 Å². The smallest absolute Gasteiger partial charge is 0.271 e. The number of likely N-dealkylation sites (tertiary alicyclic amines) is 1. The summed E-state index contributed by atoms with van der Waals surface area (Å²) >= 11 is 0. The van der Waals surface area contributed by atoms with Gasteiger partial charge >= 0.3 is 0 Å². The first kappa shape index (κ1) is 13.8. The molecule has 1 atom stereocenters. The average molecular weight is 302 g/mol. The Kier molecular flexibility index (Phi) is 3.39. The lowest BCUT2D eigenvalue weighted by Crippen LogP contribution is -2.40. The summed E-state index contributed by atoms with van der Waals surface area (Å²) in [5, 5.41) is 2.88. The summed E-state index contributed by atoms with van der Waals surface area (Å²) in [5.41, 5.74) is 1.51. The highest BCUT2D eigenvalue weighted by molar-refractivity contribution is 5.93. The third kappa shape index (κ3) is 2.51. The van der Waals surface area contributed by atoms with Crippen molar-refractivity contribution in [1.82, 2.24) is 20.2 Å². The maximum atomic E-state index is 12.3. The molecule has 6 heteroatoms. The largest absolute Gasteiger partial charge is 0.351 e. The molecule has 2 aliphatic heterocycles. The van der Waals surface area contributed by atoms with Gasteiger partial charge in [0.25, 0.3) is 5.91 Å². The molecule has 1 aromatic heterocycles. The molecule has 0 bridgehead atoms. The highest BCUT2D eigenvalue weighted by Crippen LogP contribution is 2.34. The lowest BCUT2D eigenvalue weighted by atomic mass is 9.97. The molecular formula is C16H22N4O2. The number of hydrogen-bond donors (Lipinski definition) is 2. The Hall–Kier alpha value is -1.85. The standard InChI is InChI=1S/C16H22N4O2/c21-15-13-12(4-1-7-17-15)18-14(19-13)11-3-2-8-20(9-11)16(22)10-5-6-10/h10-11H,1-9H2,(H,17,21)(H,18,19)/t11-/m0/s1. The Bertz CT molecular complexity index is 605. The number of imidazole rings is 1. The van der Waals surface area contributed by atoms with Crippen LogP contribution in [0.1, 0.15) is 60.0 Å². The maximum absolute atomic E-state index is 12.3. The fourth-order valence-corrected chi connectivity index (χ4v) is 3.53. The van der Waals surface area contributed by atoms with E-state index in [-0.39, 0.29) is 17.7 Å². The third-order valence-corrected chi connectivity index (χ3v) is 4.95. The van der Waals surface area contributed by atoms with Crippen LogP contribution in [0.25, 0.3) is 0 Å². The highest BCUT2D eigenvalue weighted by atomic mass is 16.2. The minimum Gasteiger partial charge on any atom is -0.351 e. The van der Waals surface area contributed by atoms with E-state index >= 15 is 0 Å². The number of aryl methyl sites for hydroxylation is 1. The number of carbonyl (C=O) groups excluding carboxylic acids is 2. The Morgan fingerprint density at radius 2 is 2.09 bits per heavy atom. The van der Waals surface area contributed by atoms with Gasteiger partial charge in [-0.05, 0) is 38.5 Å². The second-order valence-electron chi connectivity index (χ2n) is 6.71. The van der Waals surface area contributed by atoms with Crippen LogP contribution < -0.4 is 5.32 Å². The molecule has 22 heavy (non-hydrogen) atoms. The minimum atomic E-state index is -0.0725. The van der Waals surface area contributed by atoms with E-state index in [1.807, 2.05) is 4.90 Å². The first-order valence-corrected chi connectivity index (χ1v) is 8.38. The fraction of sp³-hybridized carbons (Fsp3) is 0.688. The monoisotopic (exact) mass is 302 g/mol. The molecule has 1 aliphatic carbocycles. The number of piperidine rings is 1. The Morgan fingerprint density at radius 1 is 1.23 bits per heavy atom. The van der Waals surface area contributed by atoms with Gasteiger partial charge in [-0.2, -0.15) is 0 Å². The average Bonchev–Trinajstić information content (AvgIpc) is 3.32. The van der Waals surface area contributed by atoms with Crippen LogP contribution in [0.15, 0.2) is 0 Å². The first-order valence-electron chi connectivity index (χ1n) is 8.38. The van der Waals surface area contributed by atoms with Crippen LogP contribution in [-0.2, 0) is 11.2 Å². The van der Waals surface area contributed by atoms with Crippen molar-refractivity contribution >= 4 is 11.8 Å². The summed E-state index contributed by atoms with van der Waals surface area (Å²) < 4.78 is 0. The van der Waals surface area contributed by atoms with Crippen LogP contribution in [0.5, 0.6) is 0 Å². The SMILES string of the molecule is O=C1NCCCc2[nH]c([C@H]3CCCN(C(=O)C4CC4)C3)nc21. The topological polar surface area (TPSA) is 78.1 Å². The molecule has 0 spiro atoms. The fourth-order valence-electron chi connectivity index (χ4n) is 3.53. The Labute approximate surface area is 129 Å². The lowest BCUT2D eigenvalue weighted by molar-refractivity contribution is -0.133. The van der Waals surface area contributed by atoms with Gasteiger partial charge in [0.2, 0.25) is 5.91 Å². The molecule has 118 valence electrons. The number of fused-ring (bicyclic) bond motifs is 1. The summed E-state index contributed by atoms with van der Waals surface area (Å²) in [5.74, 6) is 1.64. The van der Waals surface area contributed by atoms with Crippen molar-refractivity contribution in [2.24, 2.45) is 5.92 Å². The number of carbonyl (C=O) groups is 2. The number of amides is 2.